The van der Waals surface area contributed by atoms with Gasteiger partial charge in [-0.05, 0) is 42.1 Å². The number of carbonyl (C=O) groups excluding carboxylic acids is 1. The molecule has 2 heterocycles. The molecule has 4 nitrogen and oxygen atoms in total. The first-order valence-corrected chi connectivity index (χ1v) is 8.55. The molecule has 124 valence electrons. The van der Waals surface area contributed by atoms with Crippen molar-refractivity contribution in [2.45, 2.75) is 19.4 Å². The first-order chi connectivity index (χ1) is 11.6. The molecular weight excluding hydrogens is 325 g/mol. The van der Waals surface area contributed by atoms with Gasteiger partial charge in [0.05, 0.1) is 11.9 Å². The van der Waals surface area contributed by atoms with E-state index in [1.165, 1.54) is 17.0 Å². The van der Waals surface area contributed by atoms with Crippen LogP contribution in [0.5, 0.6) is 0 Å². The Morgan fingerprint density at radius 3 is 2.79 bits per heavy atom. The SMILES string of the molecule is CN(Cc1cnn(-c2ccc(F)cc2)c1)C(=O)CCc1cccs1. The minimum Gasteiger partial charge on any atom is -0.341 e. The molecule has 1 amide bonds. The molecule has 0 fully saturated rings. The van der Waals surface area contributed by atoms with Crippen molar-refractivity contribution in [2.24, 2.45) is 0 Å². The molecule has 0 radical (unpaired) electrons. The lowest BCUT2D eigenvalue weighted by Gasteiger charge is -2.15. The summed E-state index contributed by atoms with van der Waals surface area (Å²) in [5.74, 6) is -0.167. The number of aryl methyl sites for hydroxylation is 1. The third-order valence-electron chi connectivity index (χ3n) is 3.74. The van der Waals surface area contributed by atoms with Crippen molar-refractivity contribution in [1.29, 1.82) is 0 Å². The van der Waals surface area contributed by atoms with Crippen LogP contribution in [0.2, 0.25) is 0 Å². The number of carbonyl (C=O) groups is 1. The largest absolute Gasteiger partial charge is 0.341 e. The third-order valence-corrected chi connectivity index (χ3v) is 4.67. The van der Waals surface area contributed by atoms with Gasteiger partial charge in [0.1, 0.15) is 5.82 Å². The molecule has 0 aliphatic carbocycles. The highest BCUT2D eigenvalue weighted by Crippen LogP contribution is 2.13. The maximum atomic E-state index is 13.0. The van der Waals surface area contributed by atoms with E-state index in [1.54, 1.807) is 46.3 Å². The fourth-order valence-electron chi connectivity index (χ4n) is 2.41. The minimum atomic E-state index is -0.276. The molecule has 0 atom stereocenters. The molecular formula is C18H18FN3OS. The van der Waals surface area contributed by atoms with Crippen molar-refractivity contribution in [3.8, 4) is 5.69 Å². The maximum absolute atomic E-state index is 13.0. The summed E-state index contributed by atoms with van der Waals surface area (Å²) in [6.07, 6.45) is 4.86. The molecule has 0 unspecified atom stereocenters. The predicted molar refractivity (Wildman–Crippen MR) is 92.6 cm³/mol. The van der Waals surface area contributed by atoms with Gasteiger partial charge in [-0.25, -0.2) is 9.07 Å². The molecule has 0 aliphatic heterocycles. The van der Waals surface area contributed by atoms with Crippen LogP contribution in [0, 0.1) is 5.82 Å². The monoisotopic (exact) mass is 343 g/mol. The lowest BCUT2D eigenvalue weighted by Crippen LogP contribution is -2.26. The van der Waals surface area contributed by atoms with Crippen molar-refractivity contribution >= 4 is 17.2 Å². The molecule has 3 rings (SSSR count). The van der Waals surface area contributed by atoms with E-state index in [0.717, 1.165) is 17.7 Å². The first kappa shape index (κ1) is 16.4. The van der Waals surface area contributed by atoms with Gasteiger partial charge in [-0.2, -0.15) is 5.10 Å². The smallest absolute Gasteiger partial charge is 0.222 e. The number of nitrogens with zero attached hydrogens (tertiary/aromatic N) is 3. The zero-order valence-corrected chi connectivity index (χ0v) is 14.2. The molecule has 24 heavy (non-hydrogen) atoms. The van der Waals surface area contributed by atoms with Gasteiger partial charge < -0.3 is 4.90 Å². The van der Waals surface area contributed by atoms with Crippen LogP contribution in [0.25, 0.3) is 5.69 Å². The molecule has 0 aliphatic rings. The Hall–Kier alpha value is -2.47. The topological polar surface area (TPSA) is 38.1 Å². The summed E-state index contributed by atoms with van der Waals surface area (Å²) >= 11 is 1.67. The fourth-order valence-corrected chi connectivity index (χ4v) is 3.12. The minimum absolute atomic E-state index is 0.109. The second-order valence-corrected chi connectivity index (χ2v) is 6.63. The highest BCUT2D eigenvalue weighted by atomic mass is 32.1. The summed E-state index contributed by atoms with van der Waals surface area (Å²) in [7, 11) is 1.80. The number of amides is 1. The highest BCUT2D eigenvalue weighted by Gasteiger charge is 2.11. The van der Waals surface area contributed by atoms with E-state index in [9.17, 15) is 9.18 Å². The highest BCUT2D eigenvalue weighted by molar-refractivity contribution is 7.09. The average molecular weight is 343 g/mol. The lowest BCUT2D eigenvalue weighted by atomic mass is 10.2. The summed E-state index contributed by atoms with van der Waals surface area (Å²) in [6.45, 7) is 0.504. The van der Waals surface area contributed by atoms with Gasteiger partial charge in [0.15, 0.2) is 0 Å². The van der Waals surface area contributed by atoms with E-state index in [1.807, 2.05) is 23.7 Å². The normalized spacial score (nSPS) is 10.8. The number of halogens is 1. The van der Waals surface area contributed by atoms with E-state index in [0.29, 0.717) is 13.0 Å². The third kappa shape index (κ3) is 4.08. The van der Waals surface area contributed by atoms with Crippen molar-refractivity contribution in [3.05, 3.63) is 70.4 Å². The van der Waals surface area contributed by atoms with Crippen LogP contribution in [0.1, 0.15) is 16.9 Å². The standard InChI is InChI=1S/C18H18FN3OS/c1-21(18(23)9-8-17-3-2-10-24-17)12-14-11-20-22(13-14)16-6-4-15(19)5-7-16/h2-7,10-11,13H,8-9,12H2,1H3. The number of hydrogen-bond donors (Lipinski definition) is 0. The van der Waals surface area contributed by atoms with Gasteiger partial charge in [0, 0.05) is 36.7 Å². The average Bonchev–Trinajstić information content (AvgIpc) is 3.25. The van der Waals surface area contributed by atoms with Crippen LogP contribution in [0.15, 0.2) is 54.2 Å². The van der Waals surface area contributed by atoms with Crippen LogP contribution in [0.3, 0.4) is 0 Å². The van der Waals surface area contributed by atoms with Crippen molar-refractivity contribution < 1.29 is 9.18 Å². The Kier molecular flexibility index (Phi) is 5.05. The number of thiophene rings is 1. The van der Waals surface area contributed by atoms with Crippen molar-refractivity contribution in [2.75, 3.05) is 7.05 Å². The number of rotatable bonds is 6. The zero-order chi connectivity index (χ0) is 16.9. The van der Waals surface area contributed by atoms with E-state index in [-0.39, 0.29) is 11.7 Å². The summed E-state index contributed by atoms with van der Waals surface area (Å²) in [4.78, 5) is 15.1. The number of hydrogen-bond acceptors (Lipinski definition) is 3. The Labute approximate surface area is 144 Å². The van der Waals surface area contributed by atoms with Gasteiger partial charge >= 0.3 is 0 Å². The zero-order valence-electron chi connectivity index (χ0n) is 13.4. The Morgan fingerprint density at radius 1 is 1.29 bits per heavy atom. The molecule has 0 saturated heterocycles. The number of benzene rings is 1. The van der Waals surface area contributed by atoms with E-state index >= 15 is 0 Å². The van der Waals surface area contributed by atoms with E-state index < -0.39 is 0 Å². The summed E-state index contributed by atoms with van der Waals surface area (Å²) in [5, 5.41) is 6.29. The van der Waals surface area contributed by atoms with Gasteiger partial charge in [-0.15, -0.1) is 11.3 Å². The van der Waals surface area contributed by atoms with Crippen molar-refractivity contribution in [3.63, 3.8) is 0 Å². The van der Waals surface area contributed by atoms with Crippen LogP contribution in [-0.4, -0.2) is 27.6 Å². The van der Waals surface area contributed by atoms with Gasteiger partial charge in [0.2, 0.25) is 5.91 Å². The van der Waals surface area contributed by atoms with Gasteiger partial charge in [-0.3, -0.25) is 4.79 Å². The van der Waals surface area contributed by atoms with E-state index in [2.05, 4.69) is 5.10 Å². The molecule has 0 saturated carbocycles. The summed E-state index contributed by atoms with van der Waals surface area (Å²) in [6, 6.07) is 10.2. The van der Waals surface area contributed by atoms with E-state index in [4.69, 9.17) is 0 Å². The summed E-state index contributed by atoms with van der Waals surface area (Å²) in [5.41, 5.74) is 1.72. The van der Waals surface area contributed by atoms with Gasteiger partial charge in [0.25, 0.3) is 0 Å². The van der Waals surface area contributed by atoms with Crippen LogP contribution in [0.4, 0.5) is 4.39 Å². The molecule has 0 N–H and O–H groups in total. The van der Waals surface area contributed by atoms with Crippen LogP contribution in [-0.2, 0) is 17.8 Å². The summed E-state index contributed by atoms with van der Waals surface area (Å²) < 4.78 is 14.6. The van der Waals surface area contributed by atoms with Crippen LogP contribution < -0.4 is 0 Å². The maximum Gasteiger partial charge on any atom is 0.222 e. The predicted octanol–water partition coefficient (Wildman–Crippen LogP) is 3.66. The molecule has 0 bridgehead atoms. The van der Waals surface area contributed by atoms with Crippen molar-refractivity contribution in [1.82, 2.24) is 14.7 Å². The van der Waals surface area contributed by atoms with Crippen LogP contribution >= 0.6 is 11.3 Å². The number of aromatic nitrogens is 2. The van der Waals surface area contributed by atoms with Gasteiger partial charge in [-0.1, -0.05) is 6.07 Å². The molecule has 0 spiro atoms. The Morgan fingerprint density at radius 2 is 2.08 bits per heavy atom. The Balaban J connectivity index is 1.57. The first-order valence-electron chi connectivity index (χ1n) is 7.67. The second kappa shape index (κ2) is 7.40. The Bertz CT molecular complexity index is 796. The quantitative estimate of drug-likeness (QED) is 0.685. The molecule has 2 aromatic heterocycles. The molecule has 6 heteroatoms. The lowest BCUT2D eigenvalue weighted by molar-refractivity contribution is -0.130. The molecule has 1 aromatic carbocycles. The second-order valence-electron chi connectivity index (χ2n) is 5.60. The fraction of sp³-hybridized carbons (Fsp3) is 0.222. The molecule has 3 aromatic rings.